The summed E-state index contributed by atoms with van der Waals surface area (Å²) >= 11 is 0. The molecule has 0 saturated heterocycles. The van der Waals surface area contributed by atoms with Crippen LogP contribution in [-0.2, 0) is 12.0 Å². The van der Waals surface area contributed by atoms with Crippen LogP contribution in [0.2, 0.25) is 0 Å². The minimum Gasteiger partial charge on any atom is -0.260 e. The van der Waals surface area contributed by atoms with E-state index in [1.807, 2.05) is 4.68 Å². The molecule has 0 atom stereocenters. The normalized spacial score (nSPS) is 14.4. The molecule has 0 aliphatic carbocycles. The van der Waals surface area contributed by atoms with Crippen LogP contribution in [-0.4, -0.2) is 15.6 Å². The average molecular weight is 253 g/mol. The number of aromatic nitrogens is 2. The highest BCUT2D eigenvalue weighted by Gasteiger charge is 2.24. The van der Waals surface area contributed by atoms with E-state index in [0.717, 1.165) is 23.6 Å². The SMILES string of the molecule is Cc1cccc(C2=NCc3cc(C(C)(C)C)nn32)c1. The lowest BCUT2D eigenvalue weighted by Gasteiger charge is -2.14. The predicted molar refractivity (Wildman–Crippen MR) is 77.7 cm³/mol. The van der Waals surface area contributed by atoms with Crippen molar-refractivity contribution < 1.29 is 0 Å². The van der Waals surface area contributed by atoms with Crippen LogP contribution in [0.1, 0.15) is 43.3 Å². The van der Waals surface area contributed by atoms with E-state index in [1.54, 1.807) is 0 Å². The zero-order valence-electron chi connectivity index (χ0n) is 11.9. The largest absolute Gasteiger partial charge is 0.260 e. The van der Waals surface area contributed by atoms with Gasteiger partial charge in [0.25, 0.3) is 0 Å². The molecule has 1 aromatic carbocycles. The monoisotopic (exact) mass is 253 g/mol. The highest BCUT2D eigenvalue weighted by molar-refractivity contribution is 6.01. The lowest BCUT2D eigenvalue weighted by Crippen LogP contribution is -2.16. The van der Waals surface area contributed by atoms with Gasteiger partial charge in [0, 0.05) is 11.0 Å². The van der Waals surface area contributed by atoms with Crippen LogP contribution in [0.3, 0.4) is 0 Å². The number of fused-ring (bicyclic) bond motifs is 1. The first-order valence-corrected chi connectivity index (χ1v) is 6.66. The van der Waals surface area contributed by atoms with Gasteiger partial charge in [0.1, 0.15) is 0 Å². The van der Waals surface area contributed by atoms with Crippen molar-refractivity contribution in [3.05, 3.63) is 52.8 Å². The van der Waals surface area contributed by atoms with Gasteiger partial charge < -0.3 is 0 Å². The van der Waals surface area contributed by atoms with Crippen molar-refractivity contribution in [1.82, 2.24) is 9.78 Å². The maximum Gasteiger partial charge on any atom is 0.156 e. The number of aryl methyl sites for hydroxylation is 1. The van der Waals surface area contributed by atoms with Crippen LogP contribution < -0.4 is 0 Å². The minimum atomic E-state index is 0.0784. The average Bonchev–Trinajstić information content (AvgIpc) is 2.86. The first-order chi connectivity index (χ1) is 8.95. The number of nitrogens with zero attached hydrogens (tertiary/aromatic N) is 3. The lowest BCUT2D eigenvalue weighted by molar-refractivity contribution is 0.562. The van der Waals surface area contributed by atoms with Crippen molar-refractivity contribution in [1.29, 1.82) is 0 Å². The quantitative estimate of drug-likeness (QED) is 0.767. The highest BCUT2D eigenvalue weighted by atomic mass is 15.3. The van der Waals surface area contributed by atoms with E-state index in [0.29, 0.717) is 0 Å². The molecule has 0 saturated carbocycles. The van der Waals surface area contributed by atoms with Crippen molar-refractivity contribution >= 4 is 5.84 Å². The van der Waals surface area contributed by atoms with Crippen molar-refractivity contribution in [2.75, 3.05) is 0 Å². The predicted octanol–water partition coefficient (Wildman–Crippen LogP) is 3.30. The van der Waals surface area contributed by atoms with Gasteiger partial charge in [0.15, 0.2) is 5.84 Å². The first kappa shape index (κ1) is 12.2. The van der Waals surface area contributed by atoms with E-state index in [9.17, 15) is 0 Å². The Kier molecular flexibility index (Phi) is 2.59. The molecule has 0 spiro atoms. The molecular formula is C16H19N3. The van der Waals surface area contributed by atoms with Gasteiger partial charge in [-0.05, 0) is 19.1 Å². The molecule has 2 heterocycles. The third kappa shape index (κ3) is 2.09. The number of rotatable bonds is 1. The molecule has 2 aromatic rings. The zero-order valence-corrected chi connectivity index (χ0v) is 11.9. The van der Waals surface area contributed by atoms with Crippen LogP contribution >= 0.6 is 0 Å². The lowest BCUT2D eigenvalue weighted by atomic mass is 9.92. The van der Waals surface area contributed by atoms with Gasteiger partial charge in [0.2, 0.25) is 0 Å². The fourth-order valence-corrected chi connectivity index (χ4v) is 2.30. The Morgan fingerprint density at radius 1 is 1.16 bits per heavy atom. The summed E-state index contributed by atoms with van der Waals surface area (Å²) < 4.78 is 2.00. The van der Waals surface area contributed by atoms with E-state index < -0.39 is 0 Å². The highest BCUT2D eigenvalue weighted by Crippen LogP contribution is 2.25. The molecule has 3 rings (SSSR count). The first-order valence-electron chi connectivity index (χ1n) is 6.66. The van der Waals surface area contributed by atoms with Gasteiger partial charge in [-0.15, -0.1) is 0 Å². The smallest absolute Gasteiger partial charge is 0.156 e. The van der Waals surface area contributed by atoms with E-state index >= 15 is 0 Å². The molecule has 19 heavy (non-hydrogen) atoms. The zero-order chi connectivity index (χ0) is 13.6. The number of hydrogen-bond acceptors (Lipinski definition) is 2. The summed E-state index contributed by atoms with van der Waals surface area (Å²) in [6, 6.07) is 10.6. The van der Waals surface area contributed by atoms with Gasteiger partial charge in [-0.25, -0.2) is 4.68 Å². The summed E-state index contributed by atoms with van der Waals surface area (Å²) in [6.45, 7) is 9.40. The van der Waals surface area contributed by atoms with Gasteiger partial charge in [-0.3, -0.25) is 4.99 Å². The molecule has 0 fully saturated rings. The van der Waals surface area contributed by atoms with E-state index in [2.05, 4.69) is 63.0 Å². The van der Waals surface area contributed by atoms with Crippen molar-refractivity contribution in [2.24, 2.45) is 4.99 Å². The third-order valence-corrected chi connectivity index (χ3v) is 3.42. The standard InChI is InChI=1S/C16H19N3/c1-11-6-5-7-12(8-11)15-17-10-13-9-14(16(2,3)4)18-19(13)15/h5-9H,10H2,1-4H3. The second-order valence-electron chi connectivity index (χ2n) is 6.19. The summed E-state index contributed by atoms with van der Waals surface area (Å²) in [5.41, 5.74) is 4.78. The molecular weight excluding hydrogens is 234 g/mol. The third-order valence-electron chi connectivity index (χ3n) is 3.42. The van der Waals surface area contributed by atoms with Crippen molar-refractivity contribution in [2.45, 2.75) is 39.7 Å². The number of benzene rings is 1. The van der Waals surface area contributed by atoms with Gasteiger partial charge in [-0.2, -0.15) is 5.10 Å². The summed E-state index contributed by atoms with van der Waals surface area (Å²) in [6.07, 6.45) is 0. The Bertz CT molecular complexity index is 657. The van der Waals surface area contributed by atoms with E-state index in [-0.39, 0.29) is 5.41 Å². The summed E-state index contributed by atoms with van der Waals surface area (Å²) in [5.74, 6) is 0.967. The van der Waals surface area contributed by atoms with Crippen LogP contribution in [0.15, 0.2) is 35.3 Å². The Morgan fingerprint density at radius 3 is 2.63 bits per heavy atom. The Labute approximate surface area is 114 Å². The van der Waals surface area contributed by atoms with Crippen LogP contribution in [0.4, 0.5) is 0 Å². The molecule has 0 radical (unpaired) electrons. The number of hydrogen-bond donors (Lipinski definition) is 0. The molecule has 0 bridgehead atoms. The Hall–Kier alpha value is -1.90. The fourth-order valence-electron chi connectivity index (χ4n) is 2.30. The van der Waals surface area contributed by atoms with E-state index in [4.69, 9.17) is 5.10 Å². The van der Waals surface area contributed by atoms with Crippen LogP contribution in [0.25, 0.3) is 0 Å². The summed E-state index contributed by atoms with van der Waals surface area (Å²) in [5, 5.41) is 4.74. The molecule has 98 valence electrons. The maximum atomic E-state index is 4.74. The molecule has 3 nitrogen and oxygen atoms in total. The molecule has 3 heteroatoms. The topological polar surface area (TPSA) is 30.2 Å². The molecule has 0 N–H and O–H groups in total. The molecule has 1 aliphatic heterocycles. The Morgan fingerprint density at radius 2 is 1.95 bits per heavy atom. The summed E-state index contributed by atoms with van der Waals surface area (Å²) in [7, 11) is 0. The van der Waals surface area contributed by atoms with Gasteiger partial charge >= 0.3 is 0 Å². The molecule has 0 unspecified atom stereocenters. The van der Waals surface area contributed by atoms with Crippen molar-refractivity contribution in [3.63, 3.8) is 0 Å². The second kappa shape index (κ2) is 4.05. The molecule has 1 aliphatic rings. The summed E-state index contributed by atoms with van der Waals surface area (Å²) in [4.78, 5) is 4.62. The van der Waals surface area contributed by atoms with Crippen molar-refractivity contribution in [3.8, 4) is 0 Å². The maximum absolute atomic E-state index is 4.74. The van der Waals surface area contributed by atoms with Gasteiger partial charge in [0.05, 0.1) is 17.9 Å². The Balaban J connectivity index is 2.04. The van der Waals surface area contributed by atoms with Gasteiger partial charge in [-0.1, -0.05) is 44.5 Å². The van der Waals surface area contributed by atoms with E-state index in [1.165, 1.54) is 11.3 Å². The second-order valence-corrected chi connectivity index (χ2v) is 6.19. The molecule has 0 amide bonds. The fraction of sp³-hybridized carbons (Fsp3) is 0.375. The van der Waals surface area contributed by atoms with Crippen LogP contribution in [0, 0.1) is 6.92 Å². The molecule has 1 aromatic heterocycles. The minimum absolute atomic E-state index is 0.0784. The number of aliphatic imine (C=N–C) groups is 1. The van der Waals surface area contributed by atoms with Crippen LogP contribution in [0.5, 0.6) is 0 Å².